The molecule has 190 valence electrons. The second kappa shape index (κ2) is 9.95. The van der Waals surface area contributed by atoms with Crippen LogP contribution < -0.4 is 21.7 Å². The highest BCUT2D eigenvalue weighted by Gasteiger charge is 2.35. The van der Waals surface area contributed by atoms with E-state index < -0.39 is 40.8 Å². The number of nitrogens with two attached hydrogens (primary N) is 1. The van der Waals surface area contributed by atoms with E-state index in [0.29, 0.717) is 5.56 Å². The Balaban J connectivity index is 1.78. The molecule has 6 nitrogen and oxygen atoms in total. The summed E-state index contributed by atoms with van der Waals surface area (Å²) in [7, 11) is 1.30. The van der Waals surface area contributed by atoms with Crippen LogP contribution in [0.3, 0.4) is 0 Å². The highest BCUT2D eigenvalue weighted by molar-refractivity contribution is 7.99. The van der Waals surface area contributed by atoms with Gasteiger partial charge in [-0.3, -0.25) is 13.9 Å². The van der Waals surface area contributed by atoms with Crippen molar-refractivity contribution in [1.29, 1.82) is 0 Å². The molecule has 0 saturated carbocycles. The van der Waals surface area contributed by atoms with Crippen molar-refractivity contribution >= 4 is 11.8 Å². The van der Waals surface area contributed by atoms with Crippen molar-refractivity contribution in [3.63, 3.8) is 0 Å². The number of thioether (sulfide) groups is 1. The van der Waals surface area contributed by atoms with Gasteiger partial charge < -0.3 is 10.5 Å². The molecule has 0 aliphatic carbocycles. The lowest BCUT2D eigenvalue weighted by molar-refractivity contribution is 0.387. The summed E-state index contributed by atoms with van der Waals surface area (Å²) in [5, 5.41) is 0.124. The molecule has 0 spiro atoms. The zero-order valence-corrected chi connectivity index (χ0v) is 20.5. The maximum Gasteiger partial charge on any atom is 0.332 e. The fourth-order valence-electron chi connectivity index (χ4n) is 4.60. The van der Waals surface area contributed by atoms with Gasteiger partial charge in [0, 0.05) is 22.9 Å². The molecule has 0 amide bonds. The largest absolute Gasteiger partial charge is 0.494 e. The van der Waals surface area contributed by atoms with E-state index in [2.05, 4.69) is 0 Å². The van der Waals surface area contributed by atoms with Gasteiger partial charge in [0.2, 0.25) is 0 Å². The summed E-state index contributed by atoms with van der Waals surface area (Å²) in [6.45, 7) is -0.225. The van der Waals surface area contributed by atoms with Crippen LogP contribution in [0.15, 0.2) is 81.3 Å². The lowest BCUT2D eigenvalue weighted by Gasteiger charge is -2.21. The van der Waals surface area contributed by atoms with E-state index in [-0.39, 0.29) is 39.8 Å². The number of rotatable bonds is 6. The van der Waals surface area contributed by atoms with Crippen molar-refractivity contribution in [2.75, 3.05) is 12.9 Å². The Morgan fingerprint density at radius 3 is 2.35 bits per heavy atom. The van der Waals surface area contributed by atoms with Gasteiger partial charge in [0.1, 0.15) is 11.6 Å². The first-order chi connectivity index (χ1) is 17.8. The van der Waals surface area contributed by atoms with Gasteiger partial charge >= 0.3 is 5.69 Å². The first-order valence-corrected chi connectivity index (χ1v) is 12.4. The Morgan fingerprint density at radius 1 is 1.00 bits per heavy atom. The number of hydrogen-bond acceptors (Lipinski definition) is 5. The van der Waals surface area contributed by atoms with Gasteiger partial charge in [0.05, 0.1) is 30.3 Å². The Labute approximate surface area is 214 Å². The van der Waals surface area contributed by atoms with Crippen LogP contribution in [0.1, 0.15) is 23.2 Å². The van der Waals surface area contributed by atoms with Gasteiger partial charge in [-0.2, -0.15) is 0 Å². The Morgan fingerprint density at radius 2 is 1.68 bits per heavy atom. The molecule has 0 saturated heterocycles. The van der Waals surface area contributed by atoms with Crippen LogP contribution >= 0.6 is 11.8 Å². The lowest BCUT2D eigenvalue weighted by atomic mass is 10.0. The number of methoxy groups -OCH3 is 1. The summed E-state index contributed by atoms with van der Waals surface area (Å²) >= 11 is 1.06. The third-order valence-corrected chi connectivity index (χ3v) is 7.57. The molecule has 0 bridgehead atoms. The van der Waals surface area contributed by atoms with Gasteiger partial charge in [0.25, 0.3) is 5.56 Å². The number of hydrogen-bond donors (Lipinski definition) is 1. The predicted molar refractivity (Wildman–Crippen MR) is 135 cm³/mol. The van der Waals surface area contributed by atoms with Crippen molar-refractivity contribution in [2.24, 2.45) is 5.73 Å². The molecule has 5 rings (SSSR count). The topological polar surface area (TPSA) is 79.2 Å². The number of nitrogens with zero attached hydrogens (tertiary/aromatic N) is 2. The van der Waals surface area contributed by atoms with E-state index in [1.54, 1.807) is 30.3 Å². The highest BCUT2D eigenvalue weighted by Crippen LogP contribution is 2.42. The quantitative estimate of drug-likeness (QED) is 0.375. The molecule has 4 aromatic rings. The molecule has 3 aromatic carbocycles. The van der Waals surface area contributed by atoms with E-state index in [1.807, 2.05) is 0 Å². The van der Waals surface area contributed by atoms with Crippen LogP contribution in [0.5, 0.6) is 5.75 Å². The van der Waals surface area contributed by atoms with Crippen molar-refractivity contribution in [3.05, 3.63) is 116 Å². The van der Waals surface area contributed by atoms with E-state index in [9.17, 15) is 18.4 Å². The fourth-order valence-corrected chi connectivity index (χ4v) is 5.91. The first-order valence-electron chi connectivity index (χ1n) is 11.4. The molecule has 2 unspecified atom stereocenters. The molecule has 2 heterocycles. The summed E-state index contributed by atoms with van der Waals surface area (Å²) < 4.78 is 52.2. The Hall–Kier alpha value is -3.76. The van der Waals surface area contributed by atoms with Crippen molar-refractivity contribution in [3.8, 4) is 16.9 Å². The summed E-state index contributed by atoms with van der Waals surface area (Å²) in [5.74, 6) is -2.45. The summed E-state index contributed by atoms with van der Waals surface area (Å²) in [5.41, 5.74) is 5.00. The standard InChI is InChI=1S/C27H22F3N3O3S/c1-36-21-12-5-9-16(24(21)30)22-25(34)32(13-19(31)15-7-3-2-4-8-15)27(35)33-20(14-37-26(22)33)23-17(28)10-6-11-18(23)29/h2-12,19-20H,13-14,31H2,1H3. The number of ether oxygens (including phenoxy) is 1. The molecule has 1 aromatic heterocycles. The van der Waals surface area contributed by atoms with Crippen LogP contribution in [0.25, 0.3) is 11.1 Å². The van der Waals surface area contributed by atoms with Crippen LogP contribution in [0.4, 0.5) is 13.2 Å². The minimum absolute atomic E-state index is 0.0693. The molecule has 0 fully saturated rings. The first kappa shape index (κ1) is 24.9. The van der Waals surface area contributed by atoms with Crippen LogP contribution in [0.2, 0.25) is 0 Å². The van der Waals surface area contributed by atoms with Crippen LogP contribution in [-0.4, -0.2) is 22.0 Å². The van der Waals surface area contributed by atoms with Gasteiger partial charge in [-0.05, 0) is 23.8 Å². The predicted octanol–water partition coefficient (Wildman–Crippen LogP) is 4.50. The fraction of sp³-hybridized carbons (Fsp3) is 0.185. The van der Waals surface area contributed by atoms with Crippen molar-refractivity contribution in [2.45, 2.75) is 23.7 Å². The second-order valence-corrected chi connectivity index (χ2v) is 9.56. The molecule has 10 heteroatoms. The number of fused-ring (bicyclic) bond motifs is 1. The van der Waals surface area contributed by atoms with Crippen molar-refractivity contribution in [1.82, 2.24) is 9.13 Å². The second-order valence-electron chi connectivity index (χ2n) is 8.55. The maximum absolute atomic E-state index is 15.4. The zero-order valence-electron chi connectivity index (χ0n) is 19.7. The normalized spacial score (nSPS) is 15.4. The molecule has 37 heavy (non-hydrogen) atoms. The highest BCUT2D eigenvalue weighted by atomic mass is 32.2. The Bertz CT molecular complexity index is 1580. The molecule has 1 aliphatic rings. The van der Waals surface area contributed by atoms with Gasteiger partial charge in [0.15, 0.2) is 11.6 Å². The SMILES string of the molecule is COc1cccc(-c2c3n(c(=O)n(CC(N)c4ccccc4)c2=O)C(c2c(F)cccc2F)CS3)c1F. The Kier molecular flexibility index (Phi) is 6.70. The monoisotopic (exact) mass is 525 g/mol. The molecular weight excluding hydrogens is 503 g/mol. The van der Waals surface area contributed by atoms with E-state index in [1.165, 1.54) is 35.9 Å². The smallest absolute Gasteiger partial charge is 0.332 e. The molecular formula is C27H22F3N3O3S. The third kappa shape index (κ3) is 4.25. The molecule has 2 N–H and O–H groups in total. The third-order valence-electron chi connectivity index (χ3n) is 6.41. The minimum Gasteiger partial charge on any atom is -0.494 e. The minimum atomic E-state index is -1.05. The number of aromatic nitrogens is 2. The maximum atomic E-state index is 15.4. The summed E-state index contributed by atoms with van der Waals surface area (Å²) in [6.07, 6.45) is 0. The molecule has 0 radical (unpaired) electrons. The summed E-state index contributed by atoms with van der Waals surface area (Å²) in [4.78, 5) is 27.5. The van der Waals surface area contributed by atoms with E-state index >= 15 is 4.39 Å². The molecule has 1 aliphatic heterocycles. The average Bonchev–Trinajstić information content (AvgIpc) is 3.32. The summed E-state index contributed by atoms with van der Waals surface area (Å²) in [6, 6.07) is 14.9. The van der Waals surface area contributed by atoms with Gasteiger partial charge in [-0.15, -0.1) is 11.8 Å². The van der Waals surface area contributed by atoms with Crippen LogP contribution in [0, 0.1) is 17.5 Å². The zero-order chi connectivity index (χ0) is 26.3. The number of halogens is 3. The van der Waals surface area contributed by atoms with Gasteiger partial charge in [-0.25, -0.2) is 18.0 Å². The van der Waals surface area contributed by atoms with Gasteiger partial charge in [-0.1, -0.05) is 48.5 Å². The lowest BCUT2D eigenvalue weighted by Crippen LogP contribution is -2.44. The van der Waals surface area contributed by atoms with E-state index in [0.717, 1.165) is 28.5 Å². The average molecular weight is 526 g/mol. The van der Waals surface area contributed by atoms with E-state index in [4.69, 9.17) is 10.5 Å². The molecule has 2 atom stereocenters. The van der Waals surface area contributed by atoms with Crippen molar-refractivity contribution < 1.29 is 17.9 Å². The van der Waals surface area contributed by atoms with Crippen LogP contribution in [-0.2, 0) is 6.54 Å². The number of benzene rings is 3.